The van der Waals surface area contributed by atoms with Gasteiger partial charge in [0, 0.05) is 16.7 Å². The predicted molar refractivity (Wildman–Crippen MR) is 87.2 cm³/mol. The van der Waals surface area contributed by atoms with E-state index in [1.807, 2.05) is 12.1 Å². The normalized spacial score (nSPS) is 12.5. The Kier molecular flexibility index (Phi) is 6.57. The third-order valence-electron chi connectivity index (χ3n) is 3.13. The predicted octanol–water partition coefficient (Wildman–Crippen LogP) is 4.59. The first-order valence-electron chi connectivity index (χ1n) is 6.91. The third kappa shape index (κ3) is 4.93. The Hall–Kier alpha value is -0.840. The molecule has 0 bridgehead atoms. The molecule has 1 unspecified atom stereocenters. The minimum Gasteiger partial charge on any atom is -0.313 e. The van der Waals surface area contributed by atoms with Crippen LogP contribution in [0.4, 0.5) is 4.39 Å². The zero-order valence-corrected chi connectivity index (χ0v) is 13.3. The van der Waals surface area contributed by atoms with Crippen molar-refractivity contribution in [1.29, 1.82) is 0 Å². The Balaban J connectivity index is 1.84. The smallest absolute Gasteiger partial charge is 0.136 e. The molecule has 0 spiro atoms. The average Bonchev–Trinajstić information content (AvgIpc) is 2.97. The number of thiophene rings is 1. The molecule has 2 aromatic rings. The van der Waals surface area contributed by atoms with E-state index in [-0.39, 0.29) is 5.82 Å². The van der Waals surface area contributed by atoms with Crippen LogP contribution in [0.5, 0.6) is 0 Å². The molecule has 0 saturated carbocycles. The summed E-state index contributed by atoms with van der Waals surface area (Å²) in [5.41, 5.74) is 1.40. The number of aryl methyl sites for hydroxylation is 1. The maximum Gasteiger partial charge on any atom is 0.136 e. The lowest BCUT2D eigenvalue weighted by atomic mass is 10.1. The molecule has 0 aliphatic rings. The van der Waals surface area contributed by atoms with Gasteiger partial charge < -0.3 is 5.32 Å². The standard InChI is InChI=1S/C16H20FNS2/c1-2-18-14(8-7-13-9-10-19-11-13)12-20-16-6-4-3-5-15(16)17/h3-6,9-11,14,18H,2,7-8,12H2,1H3. The fourth-order valence-corrected chi connectivity index (χ4v) is 3.81. The Morgan fingerprint density at radius 3 is 2.85 bits per heavy atom. The zero-order chi connectivity index (χ0) is 14.2. The largest absolute Gasteiger partial charge is 0.313 e. The summed E-state index contributed by atoms with van der Waals surface area (Å²) >= 11 is 3.34. The van der Waals surface area contributed by atoms with Gasteiger partial charge in [0.15, 0.2) is 0 Å². The van der Waals surface area contributed by atoms with E-state index in [4.69, 9.17) is 0 Å². The second kappa shape index (κ2) is 8.45. The molecule has 0 fully saturated rings. The van der Waals surface area contributed by atoms with Gasteiger partial charge in [-0.05, 0) is 53.9 Å². The van der Waals surface area contributed by atoms with Crippen LogP contribution in [0.1, 0.15) is 18.9 Å². The highest BCUT2D eigenvalue weighted by Gasteiger charge is 2.10. The van der Waals surface area contributed by atoms with Crippen LogP contribution in [0.2, 0.25) is 0 Å². The van der Waals surface area contributed by atoms with E-state index >= 15 is 0 Å². The van der Waals surface area contributed by atoms with Crippen molar-refractivity contribution in [2.24, 2.45) is 0 Å². The molecule has 1 aromatic carbocycles. The van der Waals surface area contributed by atoms with Crippen LogP contribution in [0.3, 0.4) is 0 Å². The third-order valence-corrected chi connectivity index (χ3v) is 5.07. The van der Waals surface area contributed by atoms with Gasteiger partial charge >= 0.3 is 0 Å². The van der Waals surface area contributed by atoms with Gasteiger partial charge in [-0.1, -0.05) is 19.1 Å². The van der Waals surface area contributed by atoms with Gasteiger partial charge in [-0.2, -0.15) is 11.3 Å². The number of halogens is 1. The molecule has 4 heteroatoms. The molecule has 2 rings (SSSR count). The van der Waals surface area contributed by atoms with Crippen LogP contribution < -0.4 is 5.32 Å². The monoisotopic (exact) mass is 309 g/mol. The highest BCUT2D eigenvalue weighted by Crippen LogP contribution is 2.23. The minimum atomic E-state index is -0.120. The summed E-state index contributed by atoms with van der Waals surface area (Å²) in [5.74, 6) is 0.782. The van der Waals surface area contributed by atoms with Crippen molar-refractivity contribution in [3.8, 4) is 0 Å². The van der Waals surface area contributed by atoms with Crippen molar-refractivity contribution in [1.82, 2.24) is 5.32 Å². The molecule has 0 radical (unpaired) electrons. The van der Waals surface area contributed by atoms with Crippen LogP contribution in [0.25, 0.3) is 0 Å². The lowest BCUT2D eigenvalue weighted by Gasteiger charge is -2.17. The summed E-state index contributed by atoms with van der Waals surface area (Å²) < 4.78 is 13.6. The van der Waals surface area contributed by atoms with Gasteiger partial charge in [0.05, 0.1) is 0 Å². The highest BCUT2D eigenvalue weighted by atomic mass is 32.2. The van der Waals surface area contributed by atoms with Gasteiger partial charge in [0.1, 0.15) is 5.82 Å². The summed E-state index contributed by atoms with van der Waals surface area (Å²) in [7, 11) is 0. The van der Waals surface area contributed by atoms with Crippen molar-refractivity contribution < 1.29 is 4.39 Å². The van der Waals surface area contributed by atoms with E-state index in [9.17, 15) is 4.39 Å². The maximum absolute atomic E-state index is 13.6. The Morgan fingerprint density at radius 1 is 1.30 bits per heavy atom. The fraction of sp³-hybridized carbons (Fsp3) is 0.375. The molecule has 108 valence electrons. The molecular formula is C16H20FNS2. The summed E-state index contributed by atoms with van der Waals surface area (Å²) in [6.07, 6.45) is 2.17. The minimum absolute atomic E-state index is 0.120. The number of thioether (sulfide) groups is 1. The first kappa shape index (κ1) is 15.5. The van der Waals surface area contributed by atoms with Gasteiger partial charge in [0.2, 0.25) is 0 Å². The van der Waals surface area contributed by atoms with Crippen LogP contribution in [0.15, 0.2) is 46.0 Å². The van der Waals surface area contributed by atoms with Crippen LogP contribution in [-0.2, 0) is 6.42 Å². The zero-order valence-electron chi connectivity index (χ0n) is 11.6. The number of benzene rings is 1. The van der Waals surface area contributed by atoms with Crippen molar-refractivity contribution in [3.63, 3.8) is 0 Å². The lowest BCUT2D eigenvalue weighted by molar-refractivity contribution is 0.537. The fourth-order valence-electron chi connectivity index (χ4n) is 2.06. The summed E-state index contributed by atoms with van der Waals surface area (Å²) in [6.45, 7) is 3.07. The van der Waals surface area contributed by atoms with Crippen molar-refractivity contribution in [2.45, 2.75) is 30.7 Å². The SMILES string of the molecule is CCNC(CCc1ccsc1)CSc1ccccc1F. The van der Waals surface area contributed by atoms with E-state index in [0.717, 1.165) is 30.0 Å². The number of nitrogens with one attached hydrogen (secondary N) is 1. The van der Waals surface area contributed by atoms with Crippen molar-refractivity contribution in [3.05, 3.63) is 52.5 Å². The summed E-state index contributed by atoms with van der Waals surface area (Å²) in [5, 5.41) is 7.81. The second-order valence-corrected chi connectivity index (χ2v) is 6.51. The number of rotatable bonds is 8. The quantitative estimate of drug-likeness (QED) is 0.716. The van der Waals surface area contributed by atoms with Crippen LogP contribution in [0, 0.1) is 5.82 Å². The Labute approximate surface area is 128 Å². The molecule has 0 saturated heterocycles. The van der Waals surface area contributed by atoms with E-state index < -0.39 is 0 Å². The first-order chi connectivity index (χ1) is 9.79. The average molecular weight is 309 g/mol. The van der Waals surface area contributed by atoms with Crippen molar-refractivity contribution in [2.75, 3.05) is 12.3 Å². The van der Waals surface area contributed by atoms with E-state index in [1.54, 1.807) is 29.2 Å². The van der Waals surface area contributed by atoms with Gasteiger partial charge in [-0.25, -0.2) is 4.39 Å². The van der Waals surface area contributed by atoms with Gasteiger partial charge in [-0.3, -0.25) is 0 Å². The molecule has 20 heavy (non-hydrogen) atoms. The molecule has 0 aliphatic heterocycles. The lowest BCUT2D eigenvalue weighted by Crippen LogP contribution is -2.31. The van der Waals surface area contributed by atoms with Gasteiger partial charge in [-0.15, -0.1) is 11.8 Å². The second-order valence-electron chi connectivity index (χ2n) is 4.67. The first-order valence-corrected chi connectivity index (χ1v) is 8.84. The topological polar surface area (TPSA) is 12.0 Å². The molecule has 1 heterocycles. The van der Waals surface area contributed by atoms with E-state index in [1.165, 1.54) is 11.6 Å². The Morgan fingerprint density at radius 2 is 2.15 bits per heavy atom. The molecule has 1 nitrogen and oxygen atoms in total. The van der Waals surface area contributed by atoms with Crippen LogP contribution in [-0.4, -0.2) is 18.3 Å². The summed E-state index contributed by atoms with van der Waals surface area (Å²) in [4.78, 5) is 0.742. The van der Waals surface area contributed by atoms with Crippen LogP contribution >= 0.6 is 23.1 Å². The van der Waals surface area contributed by atoms with E-state index in [0.29, 0.717) is 6.04 Å². The van der Waals surface area contributed by atoms with E-state index in [2.05, 4.69) is 29.1 Å². The van der Waals surface area contributed by atoms with Gasteiger partial charge in [0.25, 0.3) is 0 Å². The molecule has 1 atom stereocenters. The molecule has 0 amide bonds. The highest BCUT2D eigenvalue weighted by molar-refractivity contribution is 7.99. The number of hydrogen-bond acceptors (Lipinski definition) is 3. The molecule has 0 aliphatic carbocycles. The Bertz CT molecular complexity index is 499. The van der Waals surface area contributed by atoms with Crippen molar-refractivity contribution >= 4 is 23.1 Å². The maximum atomic E-state index is 13.6. The molecule has 1 aromatic heterocycles. The summed E-state index contributed by atoms with van der Waals surface area (Å²) in [6, 6.07) is 9.59. The number of hydrogen-bond donors (Lipinski definition) is 1. The molecular weight excluding hydrogens is 289 g/mol. The molecule has 1 N–H and O–H groups in total.